The van der Waals surface area contributed by atoms with Crippen LogP contribution >= 0.6 is 11.6 Å². The molecule has 0 radical (unpaired) electrons. The number of rotatable bonds is 5. The standard InChI is InChI=1S/C21H17ClF4N2O2/c1-12-3-5-14(21(24,25)26)8-17(12)27-20-9-18(29)19(30-2)11-28(20)10-13-4-6-16(23)15(22)7-13/h3-9,11,27H,10H2,1-2H3. The second-order valence-corrected chi connectivity index (χ2v) is 7.03. The number of alkyl halides is 3. The van der Waals surface area contributed by atoms with Crippen molar-refractivity contribution in [1.82, 2.24) is 4.57 Å². The molecule has 0 saturated carbocycles. The molecule has 4 nitrogen and oxygen atoms in total. The highest BCUT2D eigenvalue weighted by Crippen LogP contribution is 2.33. The summed E-state index contributed by atoms with van der Waals surface area (Å²) in [6.45, 7) is 1.81. The number of methoxy groups -OCH3 is 1. The highest BCUT2D eigenvalue weighted by Gasteiger charge is 2.30. The number of hydrogen-bond donors (Lipinski definition) is 1. The second-order valence-electron chi connectivity index (χ2n) is 6.62. The summed E-state index contributed by atoms with van der Waals surface area (Å²) in [5.74, 6) is -0.283. The van der Waals surface area contributed by atoms with Gasteiger partial charge in [-0.1, -0.05) is 23.7 Å². The number of aryl methyl sites for hydroxylation is 1. The third-order valence-corrected chi connectivity index (χ3v) is 4.77. The van der Waals surface area contributed by atoms with Crippen molar-refractivity contribution in [3.8, 4) is 5.75 Å². The first-order chi connectivity index (χ1) is 14.1. The Labute approximate surface area is 174 Å². The molecule has 0 spiro atoms. The van der Waals surface area contributed by atoms with E-state index in [1.54, 1.807) is 11.5 Å². The predicted molar refractivity (Wildman–Crippen MR) is 107 cm³/mol. The lowest BCUT2D eigenvalue weighted by Crippen LogP contribution is -2.15. The number of ether oxygens (including phenoxy) is 1. The number of nitrogens with zero attached hydrogens (tertiary/aromatic N) is 1. The predicted octanol–water partition coefficient (Wildman–Crippen LogP) is 5.77. The van der Waals surface area contributed by atoms with Gasteiger partial charge in [-0.2, -0.15) is 13.2 Å². The van der Waals surface area contributed by atoms with Crippen LogP contribution in [0.5, 0.6) is 5.75 Å². The molecule has 3 aromatic rings. The molecule has 1 aromatic heterocycles. The van der Waals surface area contributed by atoms with Crippen molar-refractivity contribution < 1.29 is 22.3 Å². The molecule has 0 atom stereocenters. The molecule has 9 heteroatoms. The van der Waals surface area contributed by atoms with Crippen LogP contribution in [-0.2, 0) is 12.7 Å². The zero-order chi connectivity index (χ0) is 22.1. The van der Waals surface area contributed by atoms with E-state index in [4.69, 9.17) is 16.3 Å². The van der Waals surface area contributed by atoms with Crippen molar-refractivity contribution in [2.75, 3.05) is 12.4 Å². The quantitative estimate of drug-likeness (QED) is 0.512. The molecule has 30 heavy (non-hydrogen) atoms. The molecule has 1 heterocycles. The first-order valence-corrected chi connectivity index (χ1v) is 9.13. The molecule has 0 aliphatic carbocycles. The Morgan fingerprint density at radius 2 is 1.87 bits per heavy atom. The van der Waals surface area contributed by atoms with Crippen LogP contribution in [0.4, 0.5) is 29.1 Å². The summed E-state index contributed by atoms with van der Waals surface area (Å²) in [7, 11) is 1.33. The summed E-state index contributed by atoms with van der Waals surface area (Å²) in [6, 6.07) is 8.69. The Morgan fingerprint density at radius 1 is 1.13 bits per heavy atom. The number of anilines is 2. The maximum absolute atomic E-state index is 13.5. The summed E-state index contributed by atoms with van der Waals surface area (Å²) in [5, 5.41) is 2.83. The highest BCUT2D eigenvalue weighted by atomic mass is 35.5. The van der Waals surface area contributed by atoms with E-state index in [1.165, 1.54) is 43.6 Å². The third-order valence-electron chi connectivity index (χ3n) is 4.48. The van der Waals surface area contributed by atoms with Gasteiger partial charge in [0.2, 0.25) is 5.43 Å². The monoisotopic (exact) mass is 440 g/mol. The van der Waals surface area contributed by atoms with E-state index in [-0.39, 0.29) is 28.8 Å². The summed E-state index contributed by atoms with van der Waals surface area (Å²) in [5.41, 5.74) is 0.111. The van der Waals surface area contributed by atoms with E-state index in [1.807, 2.05) is 0 Å². The summed E-state index contributed by atoms with van der Waals surface area (Å²) < 4.78 is 59.4. The maximum Gasteiger partial charge on any atom is 0.416 e. The molecular weight excluding hydrogens is 424 g/mol. The summed E-state index contributed by atoms with van der Waals surface area (Å²) in [4.78, 5) is 12.2. The zero-order valence-electron chi connectivity index (χ0n) is 16.0. The molecule has 0 aliphatic heterocycles. The first kappa shape index (κ1) is 21.7. The summed E-state index contributed by atoms with van der Waals surface area (Å²) >= 11 is 5.83. The van der Waals surface area contributed by atoms with Crippen LogP contribution in [0.3, 0.4) is 0 Å². The van der Waals surface area contributed by atoms with Crippen molar-refractivity contribution in [2.24, 2.45) is 0 Å². The van der Waals surface area contributed by atoms with E-state index in [2.05, 4.69) is 5.32 Å². The molecule has 1 N–H and O–H groups in total. The minimum atomic E-state index is -4.51. The van der Waals surface area contributed by atoms with Gasteiger partial charge in [-0.05, 0) is 42.3 Å². The fraction of sp³-hybridized carbons (Fsp3) is 0.190. The van der Waals surface area contributed by atoms with Crippen molar-refractivity contribution in [3.63, 3.8) is 0 Å². The Balaban J connectivity index is 2.05. The average molecular weight is 441 g/mol. The smallest absolute Gasteiger partial charge is 0.416 e. The minimum Gasteiger partial charge on any atom is -0.491 e. The van der Waals surface area contributed by atoms with Crippen LogP contribution in [0.15, 0.2) is 53.5 Å². The Hall–Kier alpha value is -3.00. The lowest BCUT2D eigenvalue weighted by molar-refractivity contribution is -0.137. The second kappa shape index (κ2) is 8.39. The molecule has 0 aliphatic rings. The van der Waals surface area contributed by atoms with Gasteiger partial charge in [0.25, 0.3) is 0 Å². The molecule has 0 unspecified atom stereocenters. The van der Waals surface area contributed by atoms with Crippen molar-refractivity contribution in [3.05, 3.63) is 86.4 Å². The zero-order valence-corrected chi connectivity index (χ0v) is 16.7. The topological polar surface area (TPSA) is 43.3 Å². The van der Waals surface area contributed by atoms with Gasteiger partial charge >= 0.3 is 6.18 Å². The molecule has 0 amide bonds. The van der Waals surface area contributed by atoms with E-state index >= 15 is 0 Å². The number of pyridine rings is 1. The van der Waals surface area contributed by atoms with E-state index in [9.17, 15) is 22.4 Å². The lowest BCUT2D eigenvalue weighted by Gasteiger charge is -2.19. The molecular formula is C21H17ClF4N2O2. The van der Waals surface area contributed by atoms with Crippen molar-refractivity contribution in [1.29, 1.82) is 0 Å². The van der Waals surface area contributed by atoms with Crippen LogP contribution in [-0.4, -0.2) is 11.7 Å². The maximum atomic E-state index is 13.5. The van der Waals surface area contributed by atoms with E-state index in [0.29, 0.717) is 11.1 Å². The molecule has 158 valence electrons. The normalized spacial score (nSPS) is 11.4. The number of benzene rings is 2. The van der Waals surface area contributed by atoms with E-state index < -0.39 is 23.0 Å². The Morgan fingerprint density at radius 3 is 2.50 bits per heavy atom. The van der Waals surface area contributed by atoms with Gasteiger partial charge in [-0.15, -0.1) is 0 Å². The van der Waals surface area contributed by atoms with Crippen LogP contribution in [0, 0.1) is 12.7 Å². The van der Waals surface area contributed by atoms with Gasteiger partial charge in [0.15, 0.2) is 5.75 Å². The van der Waals surface area contributed by atoms with Crippen molar-refractivity contribution >= 4 is 23.1 Å². The molecule has 0 saturated heterocycles. The van der Waals surface area contributed by atoms with Gasteiger partial charge in [-0.25, -0.2) is 4.39 Å². The Bertz CT molecular complexity index is 1140. The summed E-state index contributed by atoms with van der Waals surface area (Å²) in [6.07, 6.45) is -3.08. The van der Waals surface area contributed by atoms with Crippen LogP contribution in [0.2, 0.25) is 5.02 Å². The molecule has 0 bridgehead atoms. The van der Waals surface area contributed by atoms with Gasteiger partial charge in [0, 0.05) is 18.3 Å². The van der Waals surface area contributed by atoms with Crippen LogP contribution in [0.25, 0.3) is 0 Å². The van der Waals surface area contributed by atoms with Crippen LogP contribution < -0.4 is 15.5 Å². The van der Waals surface area contributed by atoms with Crippen molar-refractivity contribution in [2.45, 2.75) is 19.6 Å². The SMILES string of the molecule is COc1cn(Cc2ccc(F)c(Cl)c2)c(Nc2cc(C(F)(F)F)ccc2C)cc1=O. The van der Waals surface area contributed by atoms with E-state index in [0.717, 1.165) is 12.1 Å². The minimum absolute atomic E-state index is 0.0505. The molecule has 2 aromatic carbocycles. The number of hydrogen-bond acceptors (Lipinski definition) is 3. The fourth-order valence-electron chi connectivity index (χ4n) is 2.85. The molecule has 3 rings (SSSR count). The average Bonchev–Trinajstić information content (AvgIpc) is 2.67. The highest BCUT2D eigenvalue weighted by molar-refractivity contribution is 6.30. The van der Waals surface area contributed by atoms with Gasteiger partial charge < -0.3 is 14.6 Å². The molecule has 0 fully saturated rings. The first-order valence-electron chi connectivity index (χ1n) is 8.76. The van der Waals surface area contributed by atoms with Gasteiger partial charge in [-0.3, -0.25) is 4.79 Å². The van der Waals surface area contributed by atoms with Crippen LogP contribution in [0.1, 0.15) is 16.7 Å². The lowest BCUT2D eigenvalue weighted by atomic mass is 10.1. The number of aromatic nitrogens is 1. The fourth-order valence-corrected chi connectivity index (χ4v) is 3.05. The number of nitrogens with one attached hydrogen (secondary N) is 1. The number of halogens is 5. The Kier molecular flexibility index (Phi) is 6.07. The van der Waals surface area contributed by atoms with Gasteiger partial charge in [0.05, 0.1) is 23.9 Å². The van der Waals surface area contributed by atoms with Gasteiger partial charge in [0.1, 0.15) is 11.6 Å². The third kappa shape index (κ3) is 4.76. The largest absolute Gasteiger partial charge is 0.491 e.